The zero-order chi connectivity index (χ0) is 24.0. The quantitative estimate of drug-likeness (QED) is 0.361. The van der Waals surface area contributed by atoms with E-state index in [0.29, 0.717) is 16.6 Å². The summed E-state index contributed by atoms with van der Waals surface area (Å²) in [7, 11) is 0. The highest BCUT2D eigenvalue weighted by Crippen LogP contribution is 2.32. The summed E-state index contributed by atoms with van der Waals surface area (Å²) in [4.78, 5) is 20.2. The molecule has 2 aliphatic rings. The van der Waals surface area contributed by atoms with Crippen molar-refractivity contribution in [2.45, 2.75) is 31.3 Å². The van der Waals surface area contributed by atoms with Crippen molar-refractivity contribution in [1.29, 1.82) is 0 Å². The average molecular weight is 506 g/mol. The number of amides is 1. The molecule has 0 spiro atoms. The van der Waals surface area contributed by atoms with Crippen LogP contribution in [-0.4, -0.2) is 41.5 Å². The molecule has 0 aliphatic carbocycles. The van der Waals surface area contributed by atoms with Crippen molar-refractivity contribution in [3.8, 4) is 11.1 Å². The fourth-order valence-electron chi connectivity index (χ4n) is 4.49. The molecule has 1 saturated heterocycles. The molecule has 1 unspecified atom stereocenters. The van der Waals surface area contributed by atoms with Crippen LogP contribution < -0.4 is 5.32 Å². The van der Waals surface area contributed by atoms with Crippen LogP contribution in [0.5, 0.6) is 0 Å². The minimum atomic E-state index is -0.180. The first-order valence-corrected chi connectivity index (χ1v) is 13.2. The van der Waals surface area contributed by atoms with Crippen LogP contribution in [0.25, 0.3) is 11.1 Å². The molecule has 1 fully saturated rings. The van der Waals surface area contributed by atoms with Crippen LogP contribution in [0.3, 0.4) is 0 Å². The maximum Gasteiger partial charge on any atom is 0.275 e. The van der Waals surface area contributed by atoms with Gasteiger partial charge in [0.1, 0.15) is 11.8 Å². The molecular weight excluding hydrogens is 478 g/mol. The molecule has 1 amide bonds. The lowest BCUT2D eigenvalue weighted by Crippen LogP contribution is -2.33. The molecule has 35 heavy (non-hydrogen) atoms. The van der Waals surface area contributed by atoms with Crippen molar-refractivity contribution in [3.05, 3.63) is 94.1 Å². The minimum Gasteiger partial charge on any atom is -0.494 e. The number of thiazole rings is 1. The second-order valence-electron chi connectivity index (χ2n) is 8.86. The van der Waals surface area contributed by atoms with E-state index in [9.17, 15) is 4.79 Å². The van der Waals surface area contributed by atoms with E-state index in [-0.39, 0.29) is 12.0 Å². The van der Waals surface area contributed by atoms with Crippen LogP contribution in [0.15, 0.2) is 78.4 Å². The number of piperidine rings is 1. The molecule has 0 saturated carbocycles. The molecule has 0 radical (unpaired) electrons. The molecule has 0 bridgehead atoms. The summed E-state index contributed by atoms with van der Waals surface area (Å²) in [6.07, 6.45) is 11.5. The number of halogens is 1. The van der Waals surface area contributed by atoms with Gasteiger partial charge in [0.2, 0.25) is 0 Å². The summed E-state index contributed by atoms with van der Waals surface area (Å²) in [5.41, 5.74) is 3.18. The van der Waals surface area contributed by atoms with Crippen LogP contribution >= 0.6 is 22.9 Å². The van der Waals surface area contributed by atoms with Crippen LogP contribution in [0.4, 0.5) is 5.69 Å². The Morgan fingerprint density at radius 2 is 1.97 bits per heavy atom. The van der Waals surface area contributed by atoms with E-state index in [0.717, 1.165) is 60.7 Å². The van der Waals surface area contributed by atoms with Gasteiger partial charge in [-0.25, -0.2) is 4.98 Å². The Morgan fingerprint density at radius 3 is 2.74 bits per heavy atom. The molecule has 2 aliphatic heterocycles. The van der Waals surface area contributed by atoms with Crippen molar-refractivity contribution in [1.82, 2.24) is 9.88 Å². The molecule has 7 heteroatoms. The SMILES string of the molecule is O=C(Nc1ccccc1-c1ccc(Cl)cc1)c1csc(C2CCN(C/C=C\C3CC=CO3)CC2)n1. The smallest absolute Gasteiger partial charge is 0.275 e. The number of ether oxygens (including phenoxy) is 1. The van der Waals surface area contributed by atoms with E-state index in [1.165, 1.54) is 0 Å². The van der Waals surface area contributed by atoms with Crippen molar-refractivity contribution < 1.29 is 9.53 Å². The second kappa shape index (κ2) is 11.2. The molecule has 180 valence electrons. The van der Waals surface area contributed by atoms with E-state index in [1.807, 2.05) is 53.9 Å². The summed E-state index contributed by atoms with van der Waals surface area (Å²) in [5.74, 6) is 0.227. The summed E-state index contributed by atoms with van der Waals surface area (Å²) in [5, 5.41) is 6.67. The lowest BCUT2D eigenvalue weighted by molar-refractivity contribution is 0.102. The number of benzene rings is 2. The van der Waals surface area contributed by atoms with Gasteiger partial charge in [-0.1, -0.05) is 48.0 Å². The Kier molecular flexibility index (Phi) is 7.62. The number of carbonyl (C=O) groups excluding carboxylic acids is 1. The largest absolute Gasteiger partial charge is 0.494 e. The predicted octanol–water partition coefficient (Wildman–Crippen LogP) is 6.75. The zero-order valence-electron chi connectivity index (χ0n) is 19.4. The van der Waals surface area contributed by atoms with Gasteiger partial charge in [-0.05, 0) is 61.8 Å². The standard InChI is InChI=1S/C28H28ClN3O2S/c29-22-11-9-20(10-12-22)24-7-1-2-8-25(24)30-27(33)26-19-35-28(31-26)21-13-16-32(17-14-21)15-3-5-23-6-4-18-34-23/h1-5,7-12,18-19,21,23H,6,13-17H2,(H,30,33)/b5-3-. The number of hydrogen-bond acceptors (Lipinski definition) is 5. The fraction of sp³-hybridized carbons (Fsp3) is 0.286. The molecule has 1 aromatic heterocycles. The normalized spacial score (nSPS) is 18.7. The first kappa shape index (κ1) is 23.8. The minimum absolute atomic E-state index is 0.180. The third-order valence-electron chi connectivity index (χ3n) is 6.45. The second-order valence-corrected chi connectivity index (χ2v) is 10.2. The van der Waals surface area contributed by atoms with Gasteiger partial charge in [0.25, 0.3) is 5.91 Å². The van der Waals surface area contributed by atoms with Gasteiger partial charge in [0.15, 0.2) is 0 Å². The van der Waals surface area contributed by atoms with Gasteiger partial charge in [-0.2, -0.15) is 0 Å². The Hall–Kier alpha value is -2.93. The number of nitrogens with one attached hydrogen (secondary N) is 1. The highest BCUT2D eigenvalue weighted by atomic mass is 35.5. The molecule has 5 rings (SSSR count). The molecule has 1 atom stereocenters. The number of carbonyl (C=O) groups is 1. The van der Waals surface area contributed by atoms with Crippen molar-refractivity contribution >= 4 is 34.5 Å². The van der Waals surface area contributed by atoms with E-state index >= 15 is 0 Å². The Labute approximate surface area is 215 Å². The van der Waals surface area contributed by atoms with Crippen molar-refractivity contribution in [2.24, 2.45) is 0 Å². The highest BCUT2D eigenvalue weighted by Gasteiger charge is 2.24. The monoisotopic (exact) mass is 505 g/mol. The average Bonchev–Trinajstić information content (AvgIpc) is 3.58. The van der Waals surface area contributed by atoms with E-state index in [1.54, 1.807) is 17.6 Å². The van der Waals surface area contributed by atoms with Gasteiger partial charge in [0, 0.05) is 40.5 Å². The molecular formula is C28H28ClN3O2S. The predicted molar refractivity (Wildman–Crippen MR) is 143 cm³/mol. The first-order valence-electron chi connectivity index (χ1n) is 12.0. The number of aromatic nitrogens is 1. The number of para-hydroxylation sites is 1. The fourth-order valence-corrected chi connectivity index (χ4v) is 5.59. The number of likely N-dealkylation sites (tertiary alicyclic amines) is 1. The number of hydrogen-bond donors (Lipinski definition) is 1. The maximum atomic E-state index is 13.0. The van der Waals surface area contributed by atoms with Gasteiger partial charge in [-0.15, -0.1) is 11.3 Å². The number of nitrogens with zero attached hydrogens (tertiary/aromatic N) is 2. The third-order valence-corrected chi connectivity index (χ3v) is 7.71. The Morgan fingerprint density at radius 1 is 1.17 bits per heavy atom. The summed E-state index contributed by atoms with van der Waals surface area (Å²) >= 11 is 7.63. The molecule has 3 aromatic rings. The lowest BCUT2D eigenvalue weighted by atomic mass is 9.97. The number of anilines is 1. The van der Waals surface area contributed by atoms with Gasteiger partial charge >= 0.3 is 0 Å². The Balaban J connectivity index is 1.17. The Bertz CT molecular complexity index is 1200. The van der Waals surface area contributed by atoms with Crippen LogP contribution in [0, 0.1) is 0 Å². The van der Waals surface area contributed by atoms with E-state index in [2.05, 4.69) is 28.4 Å². The lowest BCUT2D eigenvalue weighted by Gasteiger charge is -2.30. The number of rotatable bonds is 7. The van der Waals surface area contributed by atoms with Crippen LogP contribution in [-0.2, 0) is 4.74 Å². The van der Waals surface area contributed by atoms with Crippen LogP contribution in [0.2, 0.25) is 5.02 Å². The van der Waals surface area contributed by atoms with Crippen LogP contribution in [0.1, 0.15) is 40.7 Å². The summed E-state index contributed by atoms with van der Waals surface area (Å²) in [6, 6.07) is 15.4. The van der Waals surface area contributed by atoms with Gasteiger partial charge in [0.05, 0.1) is 11.3 Å². The first-order chi connectivity index (χ1) is 17.2. The summed E-state index contributed by atoms with van der Waals surface area (Å²) < 4.78 is 5.48. The van der Waals surface area contributed by atoms with E-state index in [4.69, 9.17) is 21.3 Å². The molecule has 2 aromatic carbocycles. The molecule has 3 heterocycles. The van der Waals surface area contributed by atoms with Crippen molar-refractivity contribution in [3.63, 3.8) is 0 Å². The van der Waals surface area contributed by atoms with Gasteiger partial charge in [-0.3, -0.25) is 9.69 Å². The third kappa shape index (κ3) is 6.01. The molecule has 1 N–H and O–H groups in total. The van der Waals surface area contributed by atoms with Crippen molar-refractivity contribution in [2.75, 3.05) is 25.0 Å². The highest BCUT2D eigenvalue weighted by molar-refractivity contribution is 7.10. The maximum absolute atomic E-state index is 13.0. The summed E-state index contributed by atoms with van der Waals surface area (Å²) in [6.45, 7) is 3.02. The van der Waals surface area contributed by atoms with Gasteiger partial charge < -0.3 is 10.1 Å². The zero-order valence-corrected chi connectivity index (χ0v) is 21.0. The topological polar surface area (TPSA) is 54.5 Å². The van der Waals surface area contributed by atoms with E-state index < -0.39 is 0 Å². The molecule has 5 nitrogen and oxygen atoms in total.